The van der Waals surface area contributed by atoms with Gasteiger partial charge in [-0.3, -0.25) is 14.6 Å². The van der Waals surface area contributed by atoms with Crippen LogP contribution in [0, 0.1) is 10.8 Å². The van der Waals surface area contributed by atoms with Gasteiger partial charge in [0.1, 0.15) is 11.6 Å². The number of rotatable bonds is 0. The van der Waals surface area contributed by atoms with Crippen molar-refractivity contribution in [3.63, 3.8) is 0 Å². The van der Waals surface area contributed by atoms with Gasteiger partial charge in [-0.2, -0.15) is 0 Å². The summed E-state index contributed by atoms with van der Waals surface area (Å²) in [6, 6.07) is 4.11. The Morgan fingerprint density at radius 1 is 1.09 bits per heavy atom. The number of carbonyl (C=O) groups excluding carboxylic acids is 2. The quantitative estimate of drug-likeness (QED) is 0.744. The van der Waals surface area contributed by atoms with Crippen LogP contribution in [-0.2, 0) is 15.0 Å². The number of dihydropyridines is 1. The Morgan fingerprint density at radius 2 is 1.87 bits per heavy atom. The molecule has 3 saturated carbocycles. The van der Waals surface area contributed by atoms with E-state index in [1.165, 1.54) is 16.7 Å². The molecule has 1 aliphatic heterocycles. The summed E-state index contributed by atoms with van der Waals surface area (Å²) < 4.78 is 0. The predicted molar refractivity (Wildman–Crippen MR) is 83.3 cm³/mol. The van der Waals surface area contributed by atoms with Crippen LogP contribution in [-0.4, -0.2) is 23.1 Å². The van der Waals surface area contributed by atoms with Gasteiger partial charge in [0, 0.05) is 48.2 Å². The van der Waals surface area contributed by atoms with Crippen LogP contribution in [0.5, 0.6) is 0 Å². The lowest BCUT2D eigenvalue weighted by Gasteiger charge is -2.51. The summed E-state index contributed by atoms with van der Waals surface area (Å²) in [4.78, 5) is 30.2. The van der Waals surface area contributed by atoms with Crippen LogP contribution >= 0.6 is 0 Å². The fourth-order valence-electron chi connectivity index (χ4n) is 6.36. The van der Waals surface area contributed by atoms with Crippen LogP contribution in [0.1, 0.15) is 36.9 Å². The molecule has 3 atom stereocenters. The molecule has 23 heavy (non-hydrogen) atoms. The van der Waals surface area contributed by atoms with E-state index < -0.39 is 5.41 Å². The third-order valence-corrected chi connectivity index (χ3v) is 7.17. The Hall–Kier alpha value is -2.23. The van der Waals surface area contributed by atoms with Crippen molar-refractivity contribution in [2.75, 3.05) is 6.54 Å². The molecule has 5 aliphatic rings. The van der Waals surface area contributed by atoms with Crippen molar-refractivity contribution >= 4 is 17.1 Å². The lowest BCUT2D eigenvalue weighted by molar-refractivity contribution is -0.136. The summed E-state index contributed by atoms with van der Waals surface area (Å²) in [5, 5.41) is 3.32. The van der Waals surface area contributed by atoms with E-state index >= 15 is 0 Å². The second-order valence-electron chi connectivity index (χ2n) is 7.78. The van der Waals surface area contributed by atoms with Crippen LogP contribution < -0.4 is 5.32 Å². The second-order valence-corrected chi connectivity index (χ2v) is 7.78. The molecule has 4 heteroatoms. The van der Waals surface area contributed by atoms with E-state index in [0.717, 1.165) is 12.2 Å². The summed E-state index contributed by atoms with van der Waals surface area (Å²) in [6.07, 6.45) is 8.52. The van der Waals surface area contributed by atoms with E-state index in [4.69, 9.17) is 0 Å². The van der Waals surface area contributed by atoms with Crippen molar-refractivity contribution in [3.8, 4) is 0 Å². The minimum atomic E-state index is -0.707. The Labute approximate surface area is 133 Å². The highest BCUT2D eigenvalue weighted by Crippen LogP contribution is 2.80. The minimum absolute atomic E-state index is 0.169. The highest BCUT2D eigenvalue weighted by atomic mass is 16.2. The number of hydrogen-bond donors (Lipinski definition) is 1. The molecule has 3 spiro atoms. The topological polar surface area (TPSA) is 59.1 Å². The highest BCUT2D eigenvalue weighted by Gasteiger charge is 2.81. The van der Waals surface area contributed by atoms with Crippen molar-refractivity contribution in [1.82, 2.24) is 10.3 Å². The lowest BCUT2D eigenvalue weighted by atomic mass is 9.51. The van der Waals surface area contributed by atoms with Crippen molar-refractivity contribution in [1.29, 1.82) is 0 Å². The molecule has 3 fully saturated rings. The molecule has 0 radical (unpaired) electrons. The summed E-state index contributed by atoms with van der Waals surface area (Å²) >= 11 is 0. The summed E-state index contributed by atoms with van der Waals surface area (Å²) in [7, 11) is 0. The lowest BCUT2D eigenvalue weighted by Crippen LogP contribution is -2.48. The Balaban J connectivity index is 1.76. The molecule has 0 saturated heterocycles. The summed E-state index contributed by atoms with van der Waals surface area (Å²) in [6.45, 7) is 0.788. The maximum atomic E-state index is 12.8. The average Bonchev–Trinajstić information content (AvgIpc) is 3.14. The van der Waals surface area contributed by atoms with Crippen molar-refractivity contribution in [3.05, 3.63) is 47.4 Å². The second kappa shape index (κ2) is 3.32. The maximum Gasteiger partial charge on any atom is 0.147 e. The third-order valence-electron chi connectivity index (χ3n) is 7.17. The van der Waals surface area contributed by atoms with Crippen LogP contribution in [0.2, 0.25) is 0 Å². The molecule has 0 amide bonds. The fourth-order valence-corrected chi connectivity index (χ4v) is 6.36. The SMILES string of the molecule is O=C1CC23C[C@@]14CC2(CC4=O)c1cccnc1C1=CCNC=C13. The Kier molecular flexibility index (Phi) is 1.77. The van der Waals surface area contributed by atoms with E-state index in [1.54, 1.807) is 0 Å². The molecule has 2 heterocycles. The van der Waals surface area contributed by atoms with E-state index in [0.29, 0.717) is 25.7 Å². The standard InChI is InChI=1S/C19H16N2O2/c22-14-6-18-9-17(14)10-19(18,7-15(17)23)13-8-20-5-3-11(13)16-12(18)2-1-4-21-16/h1-4,8,20H,5-7,9-10H2/t17-,18?,19?/m1/s1. The van der Waals surface area contributed by atoms with Gasteiger partial charge in [-0.25, -0.2) is 0 Å². The van der Waals surface area contributed by atoms with Gasteiger partial charge < -0.3 is 5.32 Å². The molecule has 4 nitrogen and oxygen atoms in total. The van der Waals surface area contributed by atoms with Gasteiger partial charge in [0.05, 0.1) is 11.1 Å². The largest absolute Gasteiger partial charge is 0.387 e. The van der Waals surface area contributed by atoms with Crippen molar-refractivity contribution in [2.24, 2.45) is 10.8 Å². The van der Waals surface area contributed by atoms with E-state index in [2.05, 4.69) is 28.6 Å². The first-order chi connectivity index (χ1) is 11.1. The molecule has 1 aromatic heterocycles. The van der Waals surface area contributed by atoms with E-state index in [9.17, 15) is 9.59 Å². The molecule has 1 N–H and O–H groups in total. The molecule has 1 aromatic rings. The first-order valence-electron chi connectivity index (χ1n) is 8.30. The number of pyridine rings is 1. The van der Waals surface area contributed by atoms with Crippen LogP contribution in [0.25, 0.3) is 5.57 Å². The first kappa shape index (κ1) is 12.2. The number of nitrogens with one attached hydrogen (secondary N) is 1. The van der Waals surface area contributed by atoms with Gasteiger partial charge in [0.2, 0.25) is 0 Å². The van der Waals surface area contributed by atoms with Gasteiger partial charge in [0.15, 0.2) is 0 Å². The highest BCUT2D eigenvalue weighted by molar-refractivity contribution is 6.15. The summed E-state index contributed by atoms with van der Waals surface area (Å²) in [5.74, 6) is 0.344. The zero-order valence-corrected chi connectivity index (χ0v) is 12.7. The number of nitrogens with zero attached hydrogens (tertiary/aromatic N) is 1. The third kappa shape index (κ3) is 1.01. The maximum absolute atomic E-state index is 12.8. The molecular weight excluding hydrogens is 288 g/mol. The summed E-state index contributed by atoms with van der Waals surface area (Å²) in [5.41, 5.74) is 3.49. The zero-order valence-electron chi connectivity index (χ0n) is 12.7. The average molecular weight is 304 g/mol. The van der Waals surface area contributed by atoms with Gasteiger partial charge in [-0.05, 0) is 30.0 Å². The molecular formula is C19H16N2O2. The molecule has 3 bridgehead atoms. The minimum Gasteiger partial charge on any atom is -0.387 e. The number of hydrogen-bond acceptors (Lipinski definition) is 4. The Bertz CT molecular complexity index is 898. The molecule has 6 rings (SSSR count). The molecule has 0 aromatic carbocycles. The molecule has 2 unspecified atom stereocenters. The number of aromatic nitrogens is 1. The number of fused-ring (bicyclic) bond motifs is 3. The molecule has 4 aliphatic carbocycles. The van der Waals surface area contributed by atoms with E-state index in [1.807, 2.05) is 12.3 Å². The number of ketones is 2. The van der Waals surface area contributed by atoms with Crippen LogP contribution in [0.3, 0.4) is 0 Å². The fraction of sp³-hybridized carbons (Fsp3) is 0.421. The van der Waals surface area contributed by atoms with Crippen LogP contribution in [0.15, 0.2) is 36.2 Å². The number of allylic oxidation sites excluding steroid dienone is 2. The Morgan fingerprint density at radius 3 is 2.74 bits per heavy atom. The van der Waals surface area contributed by atoms with Crippen LogP contribution in [0.4, 0.5) is 0 Å². The predicted octanol–water partition coefficient (Wildman–Crippen LogP) is 1.92. The number of Topliss-reactive ketones (excluding diaryl/α,β-unsaturated/α-hetero) is 2. The van der Waals surface area contributed by atoms with Crippen molar-refractivity contribution in [2.45, 2.75) is 31.1 Å². The monoisotopic (exact) mass is 304 g/mol. The molecule has 114 valence electrons. The van der Waals surface area contributed by atoms with Crippen molar-refractivity contribution < 1.29 is 9.59 Å². The zero-order chi connectivity index (χ0) is 15.4. The first-order valence-corrected chi connectivity index (χ1v) is 8.30. The smallest absolute Gasteiger partial charge is 0.147 e. The van der Waals surface area contributed by atoms with Gasteiger partial charge >= 0.3 is 0 Å². The van der Waals surface area contributed by atoms with Gasteiger partial charge in [0.25, 0.3) is 0 Å². The van der Waals surface area contributed by atoms with Gasteiger partial charge in [-0.1, -0.05) is 12.1 Å². The van der Waals surface area contributed by atoms with E-state index in [-0.39, 0.29) is 22.4 Å². The number of carbonyl (C=O) groups is 2. The normalized spacial score (nSPS) is 41.7. The van der Waals surface area contributed by atoms with Gasteiger partial charge in [-0.15, -0.1) is 0 Å².